The molecule has 0 spiro atoms. The minimum Gasteiger partial charge on any atom is -0.355 e. The minimum atomic E-state index is 0.158. The van der Waals surface area contributed by atoms with Gasteiger partial charge in [0.05, 0.1) is 4.88 Å². The van der Waals surface area contributed by atoms with Gasteiger partial charge in [-0.1, -0.05) is 12.5 Å². The van der Waals surface area contributed by atoms with Crippen molar-refractivity contribution in [1.29, 1.82) is 5.26 Å². The van der Waals surface area contributed by atoms with Crippen LogP contribution in [0.15, 0.2) is 47.0 Å². The molecule has 0 radical (unpaired) electrons. The van der Waals surface area contributed by atoms with Crippen LogP contribution < -0.4 is 10.6 Å². The van der Waals surface area contributed by atoms with Gasteiger partial charge in [-0.05, 0) is 43.0 Å². The Morgan fingerprint density at radius 2 is 1.97 bits per heavy atom. The van der Waals surface area contributed by atoms with Crippen LogP contribution in [0.2, 0.25) is 0 Å². The quantitative estimate of drug-likeness (QED) is 0.292. The molecule has 2 aromatic heterocycles. The molecule has 0 aliphatic carbocycles. The number of hydrogen-bond acceptors (Lipinski definition) is 6. The first kappa shape index (κ1) is 21.7. The maximum atomic E-state index is 12.4. The second-order valence-electron chi connectivity index (χ2n) is 7.02. The summed E-state index contributed by atoms with van der Waals surface area (Å²) >= 11 is 1.51. The number of nitrogens with one attached hydrogen (secondary N) is 2. The topological polar surface area (TPSA) is 96.7 Å². The zero-order valence-electron chi connectivity index (χ0n) is 17.0. The van der Waals surface area contributed by atoms with Crippen molar-refractivity contribution < 1.29 is 4.79 Å². The third-order valence-corrected chi connectivity index (χ3v) is 5.80. The lowest BCUT2D eigenvalue weighted by atomic mass is 10.2. The highest BCUT2D eigenvalue weighted by atomic mass is 32.1. The van der Waals surface area contributed by atoms with Crippen LogP contribution in [-0.4, -0.2) is 65.9 Å². The van der Waals surface area contributed by atoms with Gasteiger partial charge in [-0.25, -0.2) is 0 Å². The van der Waals surface area contributed by atoms with Crippen LogP contribution in [0.5, 0.6) is 0 Å². The monoisotopic (exact) mass is 425 g/mol. The van der Waals surface area contributed by atoms with Gasteiger partial charge in [0, 0.05) is 50.8 Å². The molecule has 0 bridgehead atoms. The number of aliphatic imine (C=N–C) groups is 1. The molecule has 0 atom stereocenters. The number of carbonyl (C=O) groups is 1. The van der Waals surface area contributed by atoms with Gasteiger partial charge in [0.15, 0.2) is 0 Å². The Morgan fingerprint density at radius 1 is 1.17 bits per heavy atom. The van der Waals surface area contributed by atoms with Crippen molar-refractivity contribution in [2.24, 2.45) is 4.99 Å². The summed E-state index contributed by atoms with van der Waals surface area (Å²) in [5.74, 6) is 0.612. The smallest absolute Gasteiger partial charge is 0.264 e. The lowest BCUT2D eigenvalue weighted by molar-refractivity contribution is 0.0640. The third kappa shape index (κ3) is 6.83. The van der Waals surface area contributed by atoms with Crippen LogP contribution in [0.1, 0.15) is 28.9 Å². The Kier molecular flexibility index (Phi) is 8.62. The summed E-state index contributed by atoms with van der Waals surface area (Å²) in [7, 11) is 0. The number of nitriles is 1. The molecule has 158 valence electrons. The largest absolute Gasteiger partial charge is 0.355 e. The van der Waals surface area contributed by atoms with Gasteiger partial charge in [-0.15, -0.1) is 16.3 Å². The zero-order chi connectivity index (χ0) is 21.0. The molecule has 1 aliphatic heterocycles. The number of unbranched alkanes of at least 4 members (excludes halogenated alkanes) is 2. The first-order chi connectivity index (χ1) is 14.8. The van der Waals surface area contributed by atoms with E-state index in [0.29, 0.717) is 5.96 Å². The SMILES string of the molecule is N#CN=C(NCCCCCN1CCN(C(=O)c2cccs2)CC1)Nc1ccncc1. The molecule has 30 heavy (non-hydrogen) atoms. The minimum absolute atomic E-state index is 0.158. The van der Waals surface area contributed by atoms with Crippen LogP contribution >= 0.6 is 11.3 Å². The van der Waals surface area contributed by atoms with Crippen molar-refractivity contribution >= 4 is 28.9 Å². The van der Waals surface area contributed by atoms with Crippen molar-refractivity contribution in [3.05, 3.63) is 46.9 Å². The fourth-order valence-electron chi connectivity index (χ4n) is 3.31. The van der Waals surface area contributed by atoms with Crippen LogP contribution in [0.4, 0.5) is 5.69 Å². The fourth-order valence-corrected chi connectivity index (χ4v) is 4.00. The van der Waals surface area contributed by atoms with E-state index in [2.05, 4.69) is 25.5 Å². The Bertz CT molecular complexity index is 840. The average Bonchev–Trinajstić information content (AvgIpc) is 3.32. The van der Waals surface area contributed by atoms with E-state index in [0.717, 1.165) is 69.1 Å². The molecular formula is C21H27N7OS. The summed E-state index contributed by atoms with van der Waals surface area (Å²) in [5, 5.41) is 17.1. The number of rotatable bonds is 8. The van der Waals surface area contributed by atoms with Gasteiger partial charge in [-0.2, -0.15) is 5.26 Å². The molecule has 9 heteroatoms. The number of hydrogen-bond donors (Lipinski definition) is 2. The number of anilines is 1. The normalized spacial score (nSPS) is 14.9. The predicted octanol–water partition coefficient (Wildman–Crippen LogP) is 2.61. The van der Waals surface area contributed by atoms with Crippen molar-refractivity contribution in [1.82, 2.24) is 20.1 Å². The maximum Gasteiger partial charge on any atom is 0.264 e. The van der Waals surface area contributed by atoms with E-state index >= 15 is 0 Å². The van der Waals surface area contributed by atoms with E-state index < -0.39 is 0 Å². The molecule has 1 aliphatic rings. The van der Waals surface area contributed by atoms with Crippen molar-refractivity contribution in [2.75, 3.05) is 44.6 Å². The van der Waals surface area contributed by atoms with E-state index in [4.69, 9.17) is 5.26 Å². The number of thiophene rings is 1. The van der Waals surface area contributed by atoms with Crippen LogP contribution in [0, 0.1) is 11.5 Å². The summed E-state index contributed by atoms with van der Waals surface area (Å²) in [6.07, 6.45) is 8.39. The molecule has 3 heterocycles. The molecule has 3 rings (SSSR count). The van der Waals surface area contributed by atoms with Gasteiger partial charge in [0.25, 0.3) is 5.91 Å². The molecular weight excluding hydrogens is 398 g/mol. The summed E-state index contributed by atoms with van der Waals surface area (Å²) in [6, 6.07) is 7.46. The Hall–Kier alpha value is -2.96. The summed E-state index contributed by atoms with van der Waals surface area (Å²) in [6.45, 7) is 5.27. The molecule has 1 saturated heterocycles. The Balaban J connectivity index is 1.27. The highest BCUT2D eigenvalue weighted by Gasteiger charge is 2.22. The predicted molar refractivity (Wildman–Crippen MR) is 119 cm³/mol. The molecule has 2 aromatic rings. The number of aromatic nitrogens is 1. The van der Waals surface area contributed by atoms with Crippen molar-refractivity contribution in [3.8, 4) is 6.19 Å². The summed E-state index contributed by atoms with van der Waals surface area (Å²) in [4.78, 5) is 25.4. The van der Waals surface area contributed by atoms with Crippen molar-refractivity contribution in [3.63, 3.8) is 0 Å². The van der Waals surface area contributed by atoms with Gasteiger partial charge >= 0.3 is 0 Å². The first-order valence-electron chi connectivity index (χ1n) is 10.2. The van der Waals surface area contributed by atoms with E-state index in [1.54, 1.807) is 12.4 Å². The highest BCUT2D eigenvalue weighted by Crippen LogP contribution is 2.14. The molecule has 2 N–H and O–H groups in total. The third-order valence-electron chi connectivity index (χ3n) is 4.94. The molecule has 0 saturated carbocycles. The van der Waals surface area contributed by atoms with E-state index in [-0.39, 0.29) is 5.91 Å². The van der Waals surface area contributed by atoms with Gasteiger partial charge < -0.3 is 15.5 Å². The standard InChI is InChI=1S/C21H27N7OS/c22-17-25-21(26-18-6-9-23-10-7-18)24-8-2-1-3-11-27-12-14-28(15-13-27)20(29)19-5-4-16-30-19/h4-7,9-10,16H,1-3,8,11-15H2,(H2,23,24,25,26). The van der Waals surface area contributed by atoms with Gasteiger partial charge in [-0.3, -0.25) is 14.7 Å². The maximum absolute atomic E-state index is 12.4. The molecule has 1 amide bonds. The number of carbonyl (C=O) groups excluding carboxylic acids is 1. The molecule has 0 unspecified atom stereocenters. The Labute approximate surface area is 181 Å². The van der Waals surface area contributed by atoms with Gasteiger partial charge in [0.1, 0.15) is 0 Å². The molecule has 1 fully saturated rings. The van der Waals surface area contributed by atoms with Crippen LogP contribution in [0.25, 0.3) is 0 Å². The number of piperazine rings is 1. The summed E-state index contributed by atoms with van der Waals surface area (Å²) in [5.41, 5.74) is 0.836. The second-order valence-corrected chi connectivity index (χ2v) is 7.97. The number of pyridine rings is 1. The van der Waals surface area contributed by atoms with Gasteiger partial charge in [0.2, 0.25) is 12.2 Å². The molecule has 0 aromatic carbocycles. The van der Waals surface area contributed by atoms with Crippen LogP contribution in [-0.2, 0) is 0 Å². The number of guanidine groups is 1. The molecule has 8 nitrogen and oxygen atoms in total. The zero-order valence-corrected chi connectivity index (χ0v) is 17.8. The van der Waals surface area contributed by atoms with Crippen LogP contribution in [0.3, 0.4) is 0 Å². The van der Waals surface area contributed by atoms with E-state index in [9.17, 15) is 4.79 Å². The first-order valence-corrected chi connectivity index (χ1v) is 11.1. The fraction of sp³-hybridized carbons (Fsp3) is 0.429. The lowest BCUT2D eigenvalue weighted by Crippen LogP contribution is -2.48. The van der Waals surface area contributed by atoms with E-state index in [1.807, 2.05) is 40.7 Å². The lowest BCUT2D eigenvalue weighted by Gasteiger charge is -2.34. The number of amides is 1. The highest BCUT2D eigenvalue weighted by molar-refractivity contribution is 7.12. The van der Waals surface area contributed by atoms with E-state index in [1.165, 1.54) is 11.3 Å². The van der Waals surface area contributed by atoms with Crippen molar-refractivity contribution in [2.45, 2.75) is 19.3 Å². The number of nitrogens with zero attached hydrogens (tertiary/aromatic N) is 5. The summed E-state index contributed by atoms with van der Waals surface area (Å²) < 4.78 is 0. The second kappa shape index (κ2) is 11.9. The Morgan fingerprint density at radius 3 is 2.67 bits per heavy atom. The average molecular weight is 426 g/mol.